The van der Waals surface area contributed by atoms with E-state index in [1.807, 2.05) is 24.3 Å². The van der Waals surface area contributed by atoms with Crippen LogP contribution in [0.15, 0.2) is 24.3 Å². The fourth-order valence-electron chi connectivity index (χ4n) is 2.93. The molecule has 21 heavy (non-hydrogen) atoms. The maximum absolute atomic E-state index is 5.81. The molecule has 0 aromatic heterocycles. The Hall–Kier alpha value is -1.10. The topological polar surface area (TPSA) is 41.7 Å². The first kappa shape index (κ1) is 16.3. The molecule has 1 fully saturated rings. The van der Waals surface area contributed by atoms with E-state index in [9.17, 15) is 0 Å². The second kappa shape index (κ2) is 8.37. The number of nitrogens with zero attached hydrogens (tertiary/aromatic N) is 2. The molecule has 0 spiro atoms. The molecule has 1 aliphatic rings. The van der Waals surface area contributed by atoms with Crippen LogP contribution in [-0.4, -0.2) is 55.7 Å². The van der Waals surface area contributed by atoms with Crippen molar-refractivity contribution in [1.29, 1.82) is 0 Å². The van der Waals surface area contributed by atoms with Gasteiger partial charge in [0.05, 0.1) is 6.61 Å². The van der Waals surface area contributed by atoms with Gasteiger partial charge in [-0.05, 0) is 57.6 Å². The lowest BCUT2D eigenvalue weighted by Gasteiger charge is -2.27. The number of rotatable bonds is 6. The van der Waals surface area contributed by atoms with Crippen LogP contribution in [0.3, 0.4) is 0 Å². The zero-order valence-electron chi connectivity index (χ0n) is 13.4. The highest BCUT2D eigenvalue weighted by molar-refractivity contribution is 5.26. The van der Waals surface area contributed by atoms with Crippen LogP contribution in [0.1, 0.15) is 25.3 Å². The smallest absolute Gasteiger partial charge is 0.119 e. The standard InChI is InChI=1S/C17H29N3O/c1-15-14-19(2)9-3-10-20(15)11-4-12-21-17-7-5-16(13-18)6-8-17/h5-8,15H,3-4,9-14,18H2,1-2H3. The van der Waals surface area contributed by atoms with E-state index < -0.39 is 0 Å². The lowest BCUT2D eigenvalue weighted by atomic mass is 10.2. The third-order valence-electron chi connectivity index (χ3n) is 4.20. The van der Waals surface area contributed by atoms with Crippen molar-refractivity contribution in [3.05, 3.63) is 29.8 Å². The molecule has 0 saturated carbocycles. The predicted octanol–water partition coefficient (Wildman–Crippen LogP) is 1.94. The average molecular weight is 291 g/mol. The molecular formula is C17H29N3O. The van der Waals surface area contributed by atoms with Crippen molar-refractivity contribution in [2.24, 2.45) is 5.73 Å². The van der Waals surface area contributed by atoms with Crippen molar-refractivity contribution in [3.63, 3.8) is 0 Å². The second-order valence-electron chi connectivity index (χ2n) is 6.05. The minimum absolute atomic E-state index is 0.585. The molecule has 1 aromatic carbocycles. The first-order valence-electron chi connectivity index (χ1n) is 8.03. The summed E-state index contributed by atoms with van der Waals surface area (Å²) in [7, 11) is 2.22. The van der Waals surface area contributed by atoms with E-state index in [1.165, 1.54) is 26.1 Å². The zero-order chi connectivity index (χ0) is 15.1. The normalized spacial score (nSPS) is 21.2. The monoisotopic (exact) mass is 291 g/mol. The summed E-state index contributed by atoms with van der Waals surface area (Å²) in [6.45, 7) is 8.40. The van der Waals surface area contributed by atoms with Crippen LogP contribution in [0.4, 0.5) is 0 Å². The largest absolute Gasteiger partial charge is 0.494 e. The van der Waals surface area contributed by atoms with Crippen LogP contribution in [-0.2, 0) is 6.54 Å². The minimum Gasteiger partial charge on any atom is -0.494 e. The summed E-state index contributed by atoms with van der Waals surface area (Å²) in [4.78, 5) is 5.02. The summed E-state index contributed by atoms with van der Waals surface area (Å²) >= 11 is 0. The fraction of sp³-hybridized carbons (Fsp3) is 0.647. The van der Waals surface area contributed by atoms with Gasteiger partial charge in [0.25, 0.3) is 0 Å². The number of benzene rings is 1. The molecule has 0 radical (unpaired) electrons. The Morgan fingerprint density at radius 1 is 1.24 bits per heavy atom. The molecule has 4 nitrogen and oxygen atoms in total. The Balaban J connectivity index is 1.68. The van der Waals surface area contributed by atoms with Gasteiger partial charge in [-0.1, -0.05) is 12.1 Å². The molecule has 4 heteroatoms. The van der Waals surface area contributed by atoms with Crippen LogP contribution >= 0.6 is 0 Å². The number of likely N-dealkylation sites (N-methyl/N-ethyl adjacent to an activating group) is 1. The maximum Gasteiger partial charge on any atom is 0.119 e. The number of nitrogens with two attached hydrogens (primary N) is 1. The van der Waals surface area contributed by atoms with E-state index in [0.717, 1.165) is 30.9 Å². The molecule has 1 atom stereocenters. The van der Waals surface area contributed by atoms with Gasteiger partial charge in [0.1, 0.15) is 5.75 Å². The molecule has 0 aliphatic carbocycles. The highest BCUT2D eigenvalue weighted by Crippen LogP contribution is 2.13. The molecule has 1 saturated heterocycles. The van der Waals surface area contributed by atoms with E-state index in [1.54, 1.807) is 0 Å². The van der Waals surface area contributed by atoms with E-state index in [4.69, 9.17) is 10.5 Å². The van der Waals surface area contributed by atoms with Crippen molar-refractivity contribution in [2.75, 3.05) is 39.8 Å². The van der Waals surface area contributed by atoms with Gasteiger partial charge >= 0.3 is 0 Å². The van der Waals surface area contributed by atoms with E-state index in [-0.39, 0.29) is 0 Å². The van der Waals surface area contributed by atoms with Crippen LogP contribution in [0.5, 0.6) is 5.75 Å². The number of hydrogen-bond donors (Lipinski definition) is 1. The Labute approximate surface area is 128 Å². The van der Waals surface area contributed by atoms with E-state index in [0.29, 0.717) is 12.6 Å². The van der Waals surface area contributed by atoms with Crippen molar-refractivity contribution in [3.8, 4) is 5.75 Å². The van der Waals surface area contributed by atoms with Crippen molar-refractivity contribution in [2.45, 2.75) is 32.4 Å². The Kier molecular flexibility index (Phi) is 6.49. The highest BCUT2D eigenvalue weighted by atomic mass is 16.5. The lowest BCUT2D eigenvalue weighted by molar-refractivity contribution is 0.185. The molecular weight excluding hydrogens is 262 g/mol. The molecule has 1 heterocycles. The molecule has 1 aromatic rings. The Morgan fingerprint density at radius 3 is 2.71 bits per heavy atom. The lowest BCUT2D eigenvalue weighted by Crippen LogP contribution is -2.38. The summed E-state index contributed by atoms with van der Waals surface area (Å²) in [5, 5.41) is 0. The summed E-state index contributed by atoms with van der Waals surface area (Å²) in [6.07, 6.45) is 2.34. The SMILES string of the molecule is CC1CN(C)CCCN1CCCOc1ccc(CN)cc1. The quantitative estimate of drug-likeness (QED) is 0.813. The molecule has 1 unspecified atom stereocenters. The van der Waals surface area contributed by atoms with Crippen LogP contribution in [0.2, 0.25) is 0 Å². The third kappa shape index (κ3) is 5.30. The van der Waals surface area contributed by atoms with Crippen molar-refractivity contribution in [1.82, 2.24) is 9.80 Å². The number of ether oxygens (including phenoxy) is 1. The first-order chi connectivity index (χ1) is 10.2. The van der Waals surface area contributed by atoms with Gasteiger partial charge < -0.3 is 15.4 Å². The minimum atomic E-state index is 0.585. The molecule has 2 N–H and O–H groups in total. The zero-order valence-corrected chi connectivity index (χ0v) is 13.4. The van der Waals surface area contributed by atoms with Gasteiger partial charge in [-0.2, -0.15) is 0 Å². The summed E-state index contributed by atoms with van der Waals surface area (Å²) < 4.78 is 5.81. The molecule has 1 aliphatic heterocycles. The average Bonchev–Trinajstić information content (AvgIpc) is 2.65. The van der Waals surface area contributed by atoms with Gasteiger partial charge in [-0.25, -0.2) is 0 Å². The molecule has 2 rings (SSSR count). The van der Waals surface area contributed by atoms with E-state index in [2.05, 4.69) is 23.8 Å². The van der Waals surface area contributed by atoms with Gasteiger partial charge in [0.15, 0.2) is 0 Å². The summed E-state index contributed by atoms with van der Waals surface area (Å²) in [5.41, 5.74) is 6.73. The third-order valence-corrected chi connectivity index (χ3v) is 4.20. The van der Waals surface area contributed by atoms with Gasteiger partial charge in [0.2, 0.25) is 0 Å². The van der Waals surface area contributed by atoms with E-state index >= 15 is 0 Å². The van der Waals surface area contributed by atoms with Crippen molar-refractivity contribution < 1.29 is 4.74 Å². The van der Waals surface area contributed by atoms with Crippen molar-refractivity contribution >= 4 is 0 Å². The Bertz CT molecular complexity index is 407. The second-order valence-corrected chi connectivity index (χ2v) is 6.05. The molecule has 0 amide bonds. The first-order valence-corrected chi connectivity index (χ1v) is 8.03. The van der Waals surface area contributed by atoms with Gasteiger partial charge in [-0.15, -0.1) is 0 Å². The summed E-state index contributed by atoms with van der Waals surface area (Å²) in [5.74, 6) is 0.941. The van der Waals surface area contributed by atoms with Crippen LogP contribution < -0.4 is 10.5 Å². The van der Waals surface area contributed by atoms with Gasteiger partial charge in [0, 0.05) is 25.7 Å². The maximum atomic E-state index is 5.81. The van der Waals surface area contributed by atoms with Crippen LogP contribution in [0, 0.1) is 0 Å². The predicted molar refractivity (Wildman–Crippen MR) is 87.6 cm³/mol. The van der Waals surface area contributed by atoms with Crippen LogP contribution in [0.25, 0.3) is 0 Å². The molecule has 118 valence electrons. The summed E-state index contributed by atoms with van der Waals surface area (Å²) in [6, 6.07) is 8.71. The van der Waals surface area contributed by atoms with Gasteiger partial charge in [-0.3, -0.25) is 4.90 Å². The Morgan fingerprint density at radius 2 is 2.00 bits per heavy atom. The molecule has 0 bridgehead atoms. The fourth-order valence-corrected chi connectivity index (χ4v) is 2.93. The highest BCUT2D eigenvalue weighted by Gasteiger charge is 2.18. The number of hydrogen-bond acceptors (Lipinski definition) is 4.